The zero-order valence-corrected chi connectivity index (χ0v) is 12.2. The molecular weight excluding hydrogens is 270 g/mol. The molecule has 21 heavy (non-hydrogen) atoms. The van der Waals surface area contributed by atoms with E-state index < -0.39 is 0 Å². The van der Waals surface area contributed by atoms with Crippen molar-refractivity contribution < 1.29 is 4.79 Å². The summed E-state index contributed by atoms with van der Waals surface area (Å²) in [5.74, 6) is 1.23. The van der Waals surface area contributed by atoms with Crippen LogP contribution in [0.3, 0.4) is 0 Å². The Morgan fingerprint density at radius 1 is 1.48 bits per heavy atom. The van der Waals surface area contributed by atoms with Gasteiger partial charge in [-0.25, -0.2) is 0 Å². The van der Waals surface area contributed by atoms with Crippen LogP contribution < -0.4 is 15.5 Å². The molecule has 1 aliphatic carbocycles. The van der Waals surface area contributed by atoms with Gasteiger partial charge in [-0.2, -0.15) is 15.1 Å². The Hall–Kier alpha value is -2.38. The Bertz CT molecular complexity index is 649. The second-order valence-corrected chi connectivity index (χ2v) is 5.23. The van der Waals surface area contributed by atoms with E-state index in [0.29, 0.717) is 23.5 Å². The van der Waals surface area contributed by atoms with Crippen molar-refractivity contribution >= 4 is 28.7 Å². The normalized spacial score (nSPS) is 14.2. The lowest BCUT2D eigenvalue weighted by molar-refractivity contribution is -0.119. The van der Waals surface area contributed by atoms with E-state index in [2.05, 4.69) is 30.8 Å². The lowest BCUT2D eigenvalue weighted by atomic mass is 10.3. The number of H-pyrrole nitrogens is 1. The van der Waals surface area contributed by atoms with Gasteiger partial charge in [0, 0.05) is 19.6 Å². The fourth-order valence-corrected chi connectivity index (χ4v) is 2.14. The number of fused-ring (bicyclic) bond motifs is 1. The van der Waals surface area contributed by atoms with E-state index in [4.69, 9.17) is 0 Å². The summed E-state index contributed by atoms with van der Waals surface area (Å²) in [5, 5.41) is 13.7. The number of nitrogens with one attached hydrogen (secondary N) is 3. The molecule has 0 bridgehead atoms. The smallest absolute Gasteiger partial charge is 0.239 e. The molecule has 0 spiro atoms. The van der Waals surface area contributed by atoms with Crippen molar-refractivity contribution in [2.24, 2.45) is 0 Å². The second kappa shape index (κ2) is 5.55. The van der Waals surface area contributed by atoms with Crippen LogP contribution in [0.5, 0.6) is 0 Å². The highest BCUT2D eigenvalue weighted by atomic mass is 16.2. The first-order chi connectivity index (χ1) is 10.2. The van der Waals surface area contributed by atoms with Crippen LogP contribution in [0.4, 0.5) is 11.8 Å². The molecule has 1 fully saturated rings. The highest BCUT2D eigenvalue weighted by molar-refractivity contribution is 5.90. The Balaban J connectivity index is 1.82. The minimum Gasteiger partial charge on any atom is -0.354 e. The number of amides is 1. The Kier molecular flexibility index (Phi) is 3.59. The van der Waals surface area contributed by atoms with Crippen LogP contribution in [0.15, 0.2) is 6.20 Å². The molecule has 0 unspecified atom stereocenters. The number of aromatic nitrogens is 4. The molecule has 2 aromatic heterocycles. The molecule has 8 heteroatoms. The van der Waals surface area contributed by atoms with E-state index in [9.17, 15) is 4.79 Å². The summed E-state index contributed by atoms with van der Waals surface area (Å²) < 4.78 is 0. The van der Waals surface area contributed by atoms with Gasteiger partial charge in [0.05, 0.1) is 18.1 Å². The molecule has 0 atom stereocenters. The molecule has 0 radical (unpaired) electrons. The fraction of sp³-hybridized carbons (Fsp3) is 0.538. The quantitative estimate of drug-likeness (QED) is 0.716. The molecule has 3 rings (SSSR count). The van der Waals surface area contributed by atoms with E-state index in [1.807, 2.05) is 18.9 Å². The molecule has 2 heterocycles. The minimum absolute atomic E-state index is 0.0141. The summed E-state index contributed by atoms with van der Waals surface area (Å²) in [4.78, 5) is 22.6. The van der Waals surface area contributed by atoms with Gasteiger partial charge in [-0.15, -0.1) is 0 Å². The van der Waals surface area contributed by atoms with Gasteiger partial charge in [-0.3, -0.25) is 9.89 Å². The van der Waals surface area contributed by atoms with Crippen LogP contribution in [0.1, 0.15) is 19.8 Å². The minimum atomic E-state index is 0.0141. The number of likely N-dealkylation sites (N-methyl/N-ethyl adjacent to an activating group) is 1. The van der Waals surface area contributed by atoms with Crippen molar-refractivity contribution in [2.45, 2.75) is 25.8 Å². The molecule has 1 saturated carbocycles. The molecule has 1 amide bonds. The van der Waals surface area contributed by atoms with E-state index in [1.54, 1.807) is 6.20 Å². The summed E-state index contributed by atoms with van der Waals surface area (Å²) in [6.07, 6.45) is 3.84. The number of anilines is 2. The first-order valence-electron chi connectivity index (χ1n) is 7.13. The van der Waals surface area contributed by atoms with Crippen molar-refractivity contribution in [1.82, 2.24) is 25.5 Å². The highest BCUT2D eigenvalue weighted by Crippen LogP contribution is 2.23. The Labute approximate surface area is 122 Å². The summed E-state index contributed by atoms with van der Waals surface area (Å²) >= 11 is 0. The topological polar surface area (TPSA) is 98.8 Å². The van der Waals surface area contributed by atoms with Crippen LogP contribution in [-0.2, 0) is 4.79 Å². The van der Waals surface area contributed by atoms with E-state index in [1.165, 1.54) is 0 Å². The average Bonchev–Trinajstić information content (AvgIpc) is 3.12. The zero-order chi connectivity index (χ0) is 14.8. The van der Waals surface area contributed by atoms with E-state index >= 15 is 0 Å². The first kappa shape index (κ1) is 13.6. The van der Waals surface area contributed by atoms with Crippen molar-refractivity contribution in [2.75, 3.05) is 30.4 Å². The Morgan fingerprint density at radius 3 is 3.00 bits per heavy atom. The maximum absolute atomic E-state index is 11.9. The fourth-order valence-electron chi connectivity index (χ4n) is 2.14. The van der Waals surface area contributed by atoms with Crippen LogP contribution in [0.25, 0.3) is 11.0 Å². The van der Waals surface area contributed by atoms with Gasteiger partial charge in [-0.1, -0.05) is 0 Å². The molecule has 0 saturated heterocycles. The second-order valence-electron chi connectivity index (χ2n) is 5.23. The molecule has 2 aromatic rings. The molecule has 8 nitrogen and oxygen atoms in total. The van der Waals surface area contributed by atoms with Crippen LogP contribution >= 0.6 is 0 Å². The monoisotopic (exact) mass is 289 g/mol. The number of rotatable bonds is 6. The number of aromatic amines is 1. The number of carbonyl (C=O) groups excluding carboxylic acids is 1. The Morgan fingerprint density at radius 2 is 2.29 bits per heavy atom. The maximum atomic E-state index is 11.9. The van der Waals surface area contributed by atoms with Gasteiger partial charge in [0.25, 0.3) is 0 Å². The third kappa shape index (κ3) is 3.04. The highest BCUT2D eigenvalue weighted by Gasteiger charge is 2.24. The largest absolute Gasteiger partial charge is 0.354 e. The molecule has 1 aliphatic rings. The van der Waals surface area contributed by atoms with Crippen molar-refractivity contribution in [3.63, 3.8) is 0 Å². The third-order valence-corrected chi connectivity index (χ3v) is 3.31. The number of nitrogens with zero attached hydrogens (tertiary/aromatic N) is 4. The third-order valence-electron chi connectivity index (χ3n) is 3.31. The summed E-state index contributed by atoms with van der Waals surface area (Å²) in [5.41, 5.74) is 0.658. The van der Waals surface area contributed by atoms with Crippen LogP contribution in [0.2, 0.25) is 0 Å². The molecule has 3 N–H and O–H groups in total. The standard InChI is InChI=1S/C13H19N7O/c1-3-14-13-17-11-9(6-15-19-11)12(18-13)20(2)7-10(21)16-8-4-5-8/h6,8H,3-5,7H2,1-2H3,(H,16,21)(H2,14,15,17,18,19). The van der Waals surface area contributed by atoms with Gasteiger partial charge >= 0.3 is 0 Å². The predicted octanol–water partition coefficient (Wildman–Crippen LogP) is 0.499. The molecule has 0 aromatic carbocycles. The van der Waals surface area contributed by atoms with Crippen LogP contribution in [-0.4, -0.2) is 52.3 Å². The maximum Gasteiger partial charge on any atom is 0.239 e. The predicted molar refractivity (Wildman–Crippen MR) is 80.3 cm³/mol. The molecular formula is C13H19N7O. The van der Waals surface area contributed by atoms with Crippen LogP contribution in [0, 0.1) is 0 Å². The number of hydrogen-bond acceptors (Lipinski definition) is 6. The zero-order valence-electron chi connectivity index (χ0n) is 12.2. The van der Waals surface area contributed by atoms with Gasteiger partial charge in [0.2, 0.25) is 11.9 Å². The molecule has 0 aliphatic heterocycles. The van der Waals surface area contributed by atoms with Gasteiger partial charge in [-0.05, 0) is 19.8 Å². The summed E-state index contributed by atoms with van der Waals surface area (Å²) in [7, 11) is 1.84. The average molecular weight is 289 g/mol. The first-order valence-corrected chi connectivity index (χ1v) is 7.13. The van der Waals surface area contributed by atoms with Gasteiger partial charge in [0.1, 0.15) is 5.82 Å². The number of carbonyl (C=O) groups is 1. The van der Waals surface area contributed by atoms with Crippen molar-refractivity contribution in [3.05, 3.63) is 6.20 Å². The lowest BCUT2D eigenvalue weighted by Gasteiger charge is -2.19. The summed E-state index contributed by atoms with van der Waals surface area (Å²) in [6.45, 7) is 2.97. The lowest BCUT2D eigenvalue weighted by Crippen LogP contribution is -2.36. The van der Waals surface area contributed by atoms with Crippen molar-refractivity contribution in [1.29, 1.82) is 0 Å². The van der Waals surface area contributed by atoms with Gasteiger partial charge in [0.15, 0.2) is 5.65 Å². The van der Waals surface area contributed by atoms with E-state index in [0.717, 1.165) is 24.8 Å². The van der Waals surface area contributed by atoms with E-state index in [-0.39, 0.29) is 12.5 Å². The molecule has 112 valence electrons. The van der Waals surface area contributed by atoms with Gasteiger partial charge < -0.3 is 15.5 Å². The number of hydrogen-bond donors (Lipinski definition) is 3. The SMILES string of the molecule is CCNc1nc(N(C)CC(=O)NC2CC2)c2cn[nH]c2n1. The summed E-state index contributed by atoms with van der Waals surface area (Å²) in [6, 6.07) is 0.363. The van der Waals surface area contributed by atoms with Crippen molar-refractivity contribution in [3.8, 4) is 0 Å².